The minimum atomic E-state index is -0.538. The van der Waals surface area contributed by atoms with Gasteiger partial charge in [0.05, 0.1) is 0 Å². The van der Waals surface area contributed by atoms with Gasteiger partial charge in [0.2, 0.25) is 0 Å². The minimum absolute atomic E-state index is 0.0219. The van der Waals surface area contributed by atoms with Crippen LogP contribution in [0.3, 0.4) is 0 Å². The van der Waals surface area contributed by atoms with Gasteiger partial charge in [0.1, 0.15) is 6.04 Å². The highest BCUT2D eigenvalue weighted by molar-refractivity contribution is 6.05. The van der Waals surface area contributed by atoms with Crippen LogP contribution in [0.1, 0.15) is 49.8 Å². The number of urea groups is 1. The Bertz CT molecular complexity index is 562. The van der Waals surface area contributed by atoms with Crippen molar-refractivity contribution in [2.75, 3.05) is 13.1 Å². The summed E-state index contributed by atoms with van der Waals surface area (Å²) in [5, 5.41) is 6.09. The van der Waals surface area contributed by atoms with Gasteiger partial charge in [0, 0.05) is 6.04 Å². The molecule has 3 rings (SSSR count). The van der Waals surface area contributed by atoms with Crippen LogP contribution in [0, 0.1) is 0 Å². The van der Waals surface area contributed by atoms with Crippen molar-refractivity contribution in [2.24, 2.45) is 0 Å². The molecule has 2 saturated heterocycles. The molecule has 5 heteroatoms. The molecule has 1 aromatic carbocycles. The molecule has 3 amide bonds. The minimum Gasteiger partial charge on any atom is -0.322 e. The molecule has 0 bridgehead atoms. The number of hydrogen-bond acceptors (Lipinski definition) is 3. The Morgan fingerprint density at radius 1 is 1.09 bits per heavy atom. The molecule has 2 N–H and O–H groups in total. The van der Waals surface area contributed by atoms with Crippen molar-refractivity contribution in [2.45, 2.75) is 44.7 Å². The van der Waals surface area contributed by atoms with E-state index < -0.39 is 6.04 Å². The Labute approximate surface area is 131 Å². The van der Waals surface area contributed by atoms with Crippen LogP contribution in [0.15, 0.2) is 24.3 Å². The van der Waals surface area contributed by atoms with Gasteiger partial charge in [-0.25, -0.2) is 4.79 Å². The predicted molar refractivity (Wildman–Crippen MR) is 84.5 cm³/mol. The van der Waals surface area contributed by atoms with Gasteiger partial charge in [-0.2, -0.15) is 0 Å². The first kappa shape index (κ1) is 15.0. The van der Waals surface area contributed by atoms with E-state index in [1.165, 1.54) is 10.5 Å². The van der Waals surface area contributed by atoms with Crippen LogP contribution < -0.4 is 10.6 Å². The summed E-state index contributed by atoms with van der Waals surface area (Å²) in [4.78, 5) is 26.3. The van der Waals surface area contributed by atoms with Crippen LogP contribution in [0.4, 0.5) is 4.79 Å². The van der Waals surface area contributed by atoms with E-state index in [2.05, 4.69) is 24.5 Å². The lowest BCUT2D eigenvalue weighted by atomic mass is 9.98. The lowest BCUT2D eigenvalue weighted by molar-refractivity contribution is -0.129. The summed E-state index contributed by atoms with van der Waals surface area (Å²) in [6.45, 7) is 5.98. The van der Waals surface area contributed by atoms with E-state index >= 15 is 0 Å². The summed E-state index contributed by atoms with van der Waals surface area (Å²) >= 11 is 0. The number of nitrogens with one attached hydrogen (secondary N) is 2. The maximum absolute atomic E-state index is 12.7. The number of amides is 3. The van der Waals surface area contributed by atoms with E-state index in [-0.39, 0.29) is 18.0 Å². The Kier molecular flexibility index (Phi) is 4.16. The molecule has 2 aliphatic heterocycles. The molecule has 0 radical (unpaired) electrons. The average Bonchev–Trinajstić information content (AvgIpc) is 2.83. The monoisotopic (exact) mass is 301 g/mol. The van der Waals surface area contributed by atoms with Gasteiger partial charge in [-0.05, 0) is 43.0 Å². The lowest BCUT2D eigenvalue weighted by Crippen LogP contribution is -2.46. The largest absolute Gasteiger partial charge is 0.325 e. The van der Waals surface area contributed by atoms with E-state index in [4.69, 9.17) is 0 Å². The topological polar surface area (TPSA) is 61.4 Å². The van der Waals surface area contributed by atoms with Gasteiger partial charge >= 0.3 is 6.03 Å². The molecular weight excluding hydrogens is 278 g/mol. The maximum atomic E-state index is 12.7. The third-order valence-electron chi connectivity index (χ3n) is 4.58. The number of carbonyl (C=O) groups is 2. The van der Waals surface area contributed by atoms with Crippen molar-refractivity contribution in [1.82, 2.24) is 15.5 Å². The highest BCUT2D eigenvalue weighted by Gasteiger charge is 2.42. The molecule has 5 nitrogen and oxygen atoms in total. The number of piperidine rings is 1. The fourth-order valence-electron chi connectivity index (χ4n) is 3.20. The summed E-state index contributed by atoms with van der Waals surface area (Å²) in [7, 11) is 0. The summed E-state index contributed by atoms with van der Waals surface area (Å²) in [6.07, 6.45) is 1.66. The summed E-state index contributed by atoms with van der Waals surface area (Å²) in [5.74, 6) is 0.336. The lowest BCUT2D eigenvalue weighted by Gasteiger charge is -2.29. The zero-order valence-electron chi connectivity index (χ0n) is 13.1. The maximum Gasteiger partial charge on any atom is 0.325 e. The first-order valence-corrected chi connectivity index (χ1v) is 8.02. The van der Waals surface area contributed by atoms with Gasteiger partial charge in [-0.1, -0.05) is 38.1 Å². The molecule has 2 heterocycles. The quantitative estimate of drug-likeness (QED) is 0.841. The average molecular weight is 301 g/mol. The van der Waals surface area contributed by atoms with Crippen LogP contribution in [-0.2, 0) is 4.79 Å². The van der Waals surface area contributed by atoms with E-state index in [9.17, 15) is 9.59 Å². The molecular formula is C17H23N3O2. The smallest absolute Gasteiger partial charge is 0.322 e. The van der Waals surface area contributed by atoms with Gasteiger partial charge in [0.15, 0.2) is 0 Å². The Balaban J connectivity index is 1.78. The third-order valence-corrected chi connectivity index (χ3v) is 4.58. The van der Waals surface area contributed by atoms with Crippen molar-refractivity contribution < 1.29 is 9.59 Å². The standard InChI is InChI=1S/C17H23N3O2/c1-11(2)12-3-5-13(6-4-12)15-16(21)20(17(22)19-15)14-7-9-18-10-8-14/h3-6,11,14-15,18H,7-10H2,1-2H3,(H,19,22). The number of hydrogen-bond donors (Lipinski definition) is 2. The van der Waals surface area contributed by atoms with Gasteiger partial charge in [-0.15, -0.1) is 0 Å². The van der Waals surface area contributed by atoms with E-state index in [1.807, 2.05) is 24.3 Å². The molecule has 0 spiro atoms. The number of carbonyl (C=O) groups excluding carboxylic acids is 2. The number of imide groups is 1. The second-order valence-electron chi connectivity index (χ2n) is 6.39. The molecule has 2 aliphatic rings. The molecule has 1 atom stereocenters. The molecule has 1 unspecified atom stereocenters. The fourth-order valence-corrected chi connectivity index (χ4v) is 3.20. The van der Waals surface area contributed by atoms with Gasteiger partial charge in [-0.3, -0.25) is 9.69 Å². The number of rotatable bonds is 3. The van der Waals surface area contributed by atoms with Crippen LogP contribution >= 0.6 is 0 Å². The van der Waals surface area contributed by atoms with Crippen LogP contribution in [-0.4, -0.2) is 36.0 Å². The molecule has 1 aromatic rings. The first-order chi connectivity index (χ1) is 10.6. The third kappa shape index (κ3) is 2.73. The van der Waals surface area contributed by atoms with Crippen LogP contribution in [0.5, 0.6) is 0 Å². The highest BCUT2D eigenvalue weighted by Crippen LogP contribution is 2.27. The Hall–Kier alpha value is -1.88. The normalized spacial score (nSPS) is 23.2. The molecule has 22 heavy (non-hydrogen) atoms. The molecule has 0 aromatic heterocycles. The van der Waals surface area contributed by atoms with Crippen LogP contribution in [0.2, 0.25) is 0 Å². The Morgan fingerprint density at radius 2 is 1.73 bits per heavy atom. The Morgan fingerprint density at radius 3 is 2.32 bits per heavy atom. The van der Waals surface area contributed by atoms with Crippen molar-refractivity contribution in [3.8, 4) is 0 Å². The highest BCUT2D eigenvalue weighted by atomic mass is 16.2. The van der Waals surface area contributed by atoms with Crippen molar-refractivity contribution >= 4 is 11.9 Å². The van der Waals surface area contributed by atoms with Crippen molar-refractivity contribution in [1.29, 1.82) is 0 Å². The second-order valence-corrected chi connectivity index (χ2v) is 6.39. The van der Waals surface area contributed by atoms with E-state index in [0.717, 1.165) is 31.5 Å². The summed E-state index contributed by atoms with van der Waals surface area (Å²) in [5.41, 5.74) is 2.09. The zero-order chi connectivity index (χ0) is 15.7. The van der Waals surface area contributed by atoms with Crippen molar-refractivity contribution in [3.63, 3.8) is 0 Å². The number of benzene rings is 1. The van der Waals surface area contributed by atoms with E-state index in [1.54, 1.807) is 0 Å². The predicted octanol–water partition coefficient (Wildman–Crippen LogP) is 2.15. The van der Waals surface area contributed by atoms with Gasteiger partial charge < -0.3 is 10.6 Å². The zero-order valence-corrected chi connectivity index (χ0v) is 13.1. The second kappa shape index (κ2) is 6.08. The van der Waals surface area contributed by atoms with Crippen LogP contribution in [0.25, 0.3) is 0 Å². The summed E-state index contributed by atoms with van der Waals surface area (Å²) in [6, 6.07) is 7.19. The van der Waals surface area contributed by atoms with Crippen molar-refractivity contribution in [3.05, 3.63) is 35.4 Å². The SMILES string of the molecule is CC(C)c1ccc(C2NC(=O)N(C3CCNCC3)C2=O)cc1. The molecule has 0 aliphatic carbocycles. The molecule has 0 saturated carbocycles. The van der Waals surface area contributed by atoms with Gasteiger partial charge in [0.25, 0.3) is 5.91 Å². The first-order valence-electron chi connectivity index (χ1n) is 8.02. The molecule has 118 valence electrons. The van der Waals surface area contributed by atoms with E-state index in [0.29, 0.717) is 5.92 Å². The summed E-state index contributed by atoms with van der Waals surface area (Å²) < 4.78 is 0. The number of nitrogens with zero attached hydrogens (tertiary/aromatic N) is 1. The fraction of sp³-hybridized carbons (Fsp3) is 0.529. The molecule has 2 fully saturated rings.